The van der Waals surface area contributed by atoms with Crippen LogP contribution in [0.25, 0.3) is 0 Å². The summed E-state index contributed by atoms with van der Waals surface area (Å²) >= 11 is 0. The lowest BCUT2D eigenvalue weighted by Crippen LogP contribution is -2.49. The third kappa shape index (κ3) is 7.87. The van der Waals surface area contributed by atoms with Crippen molar-refractivity contribution in [2.75, 3.05) is 72.6 Å². The number of aliphatic hydroxyl groups excluding tert-OH is 1. The van der Waals surface area contributed by atoms with Crippen LogP contribution in [0, 0.1) is 5.92 Å². The van der Waals surface area contributed by atoms with Crippen LogP contribution in [0.2, 0.25) is 0 Å². The van der Waals surface area contributed by atoms with Crippen LogP contribution in [0.4, 0.5) is 0 Å². The fraction of sp³-hybridized carbons (Fsp3) is 0.739. The highest BCUT2D eigenvalue weighted by atomic mass is 16.5. The van der Waals surface area contributed by atoms with Gasteiger partial charge in [-0.15, -0.1) is 0 Å². The maximum Gasteiger partial charge on any atom is 0.119 e. The fourth-order valence-electron chi connectivity index (χ4n) is 4.26. The summed E-state index contributed by atoms with van der Waals surface area (Å²) in [6, 6.07) is 8.25. The van der Waals surface area contributed by atoms with Crippen molar-refractivity contribution < 1.29 is 9.84 Å². The Kier molecular flexibility index (Phi) is 9.21. The van der Waals surface area contributed by atoms with E-state index in [0.717, 1.165) is 57.5 Å². The normalized spacial score (nSPS) is 21.3. The fourth-order valence-corrected chi connectivity index (χ4v) is 4.26. The smallest absolute Gasteiger partial charge is 0.119 e. The molecule has 2 fully saturated rings. The molecular weight excluding hydrogens is 364 g/mol. The van der Waals surface area contributed by atoms with E-state index in [0.29, 0.717) is 13.2 Å². The molecule has 1 aromatic carbocycles. The van der Waals surface area contributed by atoms with E-state index < -0.39 is 6.10 Å². The largest absolute Gasteiger partial charge is 0.491 e. The minimum absolute atomic E-state index is 0.348. The van der Waals surface area contributed by atoms with Gasteiger partial charge in [-0.2, -0.15) is 0 Å². The lowest BCUT2D eigenvalue weighted by atomic mass is 9.97. The van der Waals surface area contributed by atoms with Gasteiger partial charge in [0.1, 0.15) is 18.5 Å². The molecule has 0 spiro atoms. The van der Waals surface area contributed by atoms with E-state index in [2.05, 4.69) is 46.1 Å². The Bertz CT molecular complexity index is 584. The third-order valence-electron chi connectivity index (χ3n) is 6.32. The number of hydrogen-bond donors (Lipinski definition) is 2. The van der Waals surface area contributed by atoms with E-state index in [1.54, 1.807) is 0 Å². The van der Waals surface area contributed by atoms with E-state index in [1.807, 2.05) is 12.1 Å². The Morgan fingerprint density at radius 3 is 2.55 bits per heavy atom. The minimum atomic E-state index is -0.450. The molecule has 0 bridgehead atoms. The molecule has 29 heavy (non-hydrogen) atoms. The quantitative estimate of drug-likeness (QED) is 0.616. The van der Waals surface area contributed by atoms with E-state index in [1.165, 1.54) is 31.5 Å². The summed E-state index contributed by atoms with van der Waals surface area (Å²) in [6.45, 7) is 13.0. The van der Waals surface area contributed by atoms with Crippen molar-refractivity contribution in [3.8, 4) is 5.75 Å². The first kappa shape index (κ1) is 22.5. The second kappa shape index (κ2) is 11.9. The summed E-state index contributed by atoms with van der Waals surface area (Å²) < 4.78 is 5.88. The summed E-state index contributed by atoms with van der Waals surface area (Å²) in [5.74, 6) is 1.64. The van der Waals surface area contributed by atoms with Gasteiger partial charge in [-0.1, -0.05) is 19.1 Å². The molecule has 2 saturated heterocycles. The molecule has 0 aliphatic carbocycles. The number of β-amino-alcohol motifs (C(OH)–C–C–N with tert-alkyl or cyclic N) is 1. The predicted octanol–water partition coefficient (Wildman–Crippen LogP) is 1.50. The van der Waals surface area contributed by atoms with E-state index >= 15 is 0 Å². The highest BCUT2D eigenvalue weighted by Gasteiger charge is 2.19. The van der Waals surface area contributed by atoms with Crippen molar-refractivity contribution in [1.82, 2.24) is 20.0 Å². The van der Waals surface area contributed by atoms with Crippen LogP contribution in [0.3, 0.4) is 0 Å². The molecule has 0 radical (unpaired) electrons. The molecule has 0 saturated carbocycles. The number of aliphatic hydroxyl groups is 1. The van der Waals surface area contributed by atoms with Gasteiger partial charge in [-0.25, -0.2) is 0 Å². The summed E-state index contributed by atoms with van der Waals surface area (Å²) in [6.07, 6.45) is 2.13. The molecule has 1 aromatic rings. The standard InChI is InChI=1S/C23H40N4O2/c1-3-26-11-13-27(14-12-26)18-22(28)19-29-23-6-4-5-21(15-23)17-24-16-20-7-9-25(2)10-8-20/h4-6,15,20,22,24,28H,3,7-14,16-19H2,1-2H3/t22-/m0/s1. The lowest BCUT2D eigenvalue weighted by molar-refractivity contribution is 0.0471. The van der Waals surface area contributed by atoms with E-state index in [-0.39, 0.29) is 0 Å². The molecule has 0 amide bonds. The second-order valence-electron chi connectivity index (χ2n) is 8.72. The molecule has 0 aromatic heterocycles. The predicted molar refractivity (Wildman–Crippen MR) is 118 cm³/mol. The van der Waals surface area contributed by atoms with Crippen LogP contribution in [-0.4, -0.2) is 98.5 Å². The number of ether oxygens (including phenoxy) is 1. The maximum absolute atomic E-state index is 10.4. The van der Waals surface area contributed by atoms with Crippen LogP contribution in [-0.2, 0) is 6.54 Å². The molecule has 2 aliphatic heterocycles. The van der Waals surface area contributed by atoms with Gasteiger partial charge in [0.05, 0.1) is 0 Å². The van der Waals surface area contributed by atoms with Gasteiger partial charge >= 0.3 is 0 Å². The van der Waals surface area contributed by atoms with Crippen LogP contribution < -0.4 is 10.1 Å². The molecular formula is C23H40N4O2. The number of nitrogens with one attached hydrogen (secondary N) is 1. The van der Waals surface area contributed by atoms with Gasteiger partial charge in [0.2, 0.25) is 0 Å². The minimum Gasteiger partial charge on any atom is -0.491 e. The number of piperazine rings is 1. The zero-order chi connectivity index (χ0) is 20.5. The monoisotopic (exact) mass is 404 g/mol. The molecule has 0 unspecified atom stereocenters. The first-order valence-electron chi connectivity index (χ1n) is 11.4. The van der Waals surface area contributed by atoms with Crippen molar-refractivity contribution in [2.45, 2.75) is 32.4 Å². The van der Waals surface area contributed by atoms with Gasteiger partial charge in [-0.05, 0) is 69.7 Å². The number of likely N-dealkylation sites (tertiary alicyclic amines) is 1. The highest BCUT2D eigenvalue weighted by molar-refractivity contribution is 5.28. The van der Waals surface area contributed by atoms with Crippen molar-refractivity contribution in [3.05, 3.63) is 29.8 Å². The summed E-state index contributed by atoms with van der Waals surface area (Å²) in [5, 5.41) is 14.0. The number of hydrogen-bond acceptors (Lipinski definition) is 6. The summed E-state index contributed by atoms with van der Waals surface area (Å²) in [7, 11) is 2.21. The Labute approximate surface area is 176 Å². The Hall–Kier alpha value is -1.18. The maximum atomic E-state index is 10.4. The van der Waals surface area contributed by atoms with Crippen LogP contribution >= 0.6 is 0 Å². The SMILES string of the molecule is CCN1CCN(C[C@H](O)COc2cccc(CNCC3CCN(C)CC3)c2)CC1. The second-order valence-corrected chi connectivity index (χ2v) is 8.72. The zero-order valence-corrected chi connectivity index (χ0v) is 18.4. The molecule has 6 heteroatoms. The lowest BCUT2D eigenvalue weighted by Gasteiger charge is -2.34. The van der Waals surface area contributed by atoms with E-state index in [4.69, 9.17) is 4.74 Å². The molecule has 1 atom stereocenters. The molecule has 3 rings (SSSR count). The number of rotatable bonds is 10. The number of nitrogens with zero attached hydrogens (tertiary/aromatic N) is 3. The zero-order valence-electron chi connectivity index (χ0n) is 18.4. The number of likely N-dealkylation sites (N-methyl/N-ethyl adjacent to an activating group) is 1. The molecule has 6 nitrogen and oxygen atoms in total. The van der Waals surface area contributed by atoms with Crippen molar-refractivity contribution in [1.29, 1.82) is 0 Å². The Balaban J connectivity index is 1.33. The van der Waals surface area contributed by atoms with Gasteiger partial charge < -0.3 is 25.0 Å². The number of piperidine rings is 1. The van der Waals surface area contributed by atoms with Crippen molar-refractivity contribution >= 4 is 0 Å². The highest BCUT2D eigenvalue weighted by Crippen LogP contribution is 2.16. The third-order valence-corrected chi connectivity index (χ3v) is 6.32. The topological polar surface area (TPSA) is 51.2 Å². The van der Waals surface area contributed by atoms with Crippen LogP contribution in [0.15, 0.2) is 24.3 Å². The molecule has 2 N–H and O–H groups in total. The van der Waals surface area contributed by atoms with Gasteiger partial charge in [0.25, 0.3) is 0 Å². The van der Waals surface area contributed by atoms with Gasteiger partial charge in [0, 0.05) is 39.3 Å². The van der Waals surface area contributed by atoms with E-state index in [9.17, 15) is 5.11 Å². The summed E-state index contributed by atoms with van der Waals surface area (Å²) in [4.78, 5) is 7.20. The molecule has 2 aliphatic rings. The van der Waals surface area contributed by atoms with Gasteiger partial charge in [-0.3, -0.25) is 4.90 Å². The molecule has 2 heterocycles. The Morgan fingerprint density at radius 1 is 1.10 bits per heavy atom. The van der Waals surface area contributed by atoms with Gasteiger partial charge in [0.15, 0.2) is 0 Å². The first-order valence-corrected chi connectivity index (χ1v) is 11.4. The average Bonchev–Trinajstić information content (AvgIpc) is 2.75. The first-order chi connectivity index (χ1) is 14.1. The van der Waals surface area contributed by atoms with Crippen molar-refractivity contribution in [3.63, 3.8) is 0 Å². The average molecular weight is 405 g/mol. The van der Waals surface area contributed by atoms with Crippen molar-refractivity contribution in [2.24, 2.45) is 5.92 Å². The van der Waals surface area contributed by atoms with Crippen LogP contribution in [0.1, 0.15) is 25.3 Å². The number of benzene rings is 1. The Morgan fingerprint density at radius 2 is 1.83 bits per heavy atom. The molecule has 164 valence electrons. The van der Waals surface area contributed by atoms with Crippen LogP contribution in [0.5, 0.6) is 5.75 Å². The summed E-state index contributed by atoms with van der Waals surface area (Å²) in [5.41, 5.74) is 1.24.